The number of methoxy groups -OCH3 is 2. The minimum atomic E-state index is -2.09. The largest absolute Gasteiger partial charge is 0.543 e. The van der Waals surface area contributed by atoms with Crippen LogP contribution in [0.3, 0.4) is 0 Å². The van der Waals surface area contributed by atoms with E-state index in [1.54, 1.807) is 7.11 Å². The SMILES string of the molecule is COC(=O)[C@H](c1ccc(OC)cc1)[C@@H]1[C@@H](c2ccc(O[Si](C(C)C)(C(C)C)C(C)C)cc2)OCC[C@H]1c1ccccc1. The van der Waals surface area contributed by atoms with Gasteiger partial charge in [0.05, 0.1) is 26.2 Å². The molecule has 0 unspecified atom stereocenters. The van der Waals surface area contributed by atoms with E-state index in [9.17, 15) is 4.79 Å². The van der Waals surface area contributed by atoms with Gasteiger partial charge in [0.15, 0.2) is 0 Å². The van der Waals surface area contributed by atoms with Crippen molar-refractivity contribution < 1.29 is 23.4 Å². The topological polar surface area (TPSA) is 54.0 Å². The van der Waals surface area contributed by atoms with Crippen molar-refractivity contribution in [1.82, 2.24) is 0 Å². The van der Waals surface area contributed by atoms with Crippen LogP contribution in [-0.4, -0.2) is 35.1 Å². The quantitative estimate of drug-likeness (QED) is 0.165. The Bertz CT molecular complexity index is 1250. The standard InChI is InChI=1S/C36H48O5Si/c1-24(2)42(25(3)4,26(5)6)41-31-20-16-29(17-21-31)35-34(32(22-23-40-35)27-12-10-9-11-13-27)33(36(37)39-8)28-14-18-30(38-7)19-15-28/h9-21,24-26,32-35H,22-23H2,1-8H3/t32-,33+,34+,35+/m0/s1. The fourth-order valence-corrected chi connectivity index (χ4v) is 12.6. The van der Waals surface area contributed by atoms with Crippen LogP contribution in [0, 0.1) is 5.92 Å². The van der Waals surface area contributed by atoms with Gasteiger partial charge in [0.25, 0.3) is 8.32 Å². The fourth-order valence-electron chi connectivity index (χ4n) is 7.39. The van der Waals surface area contributed by atoms with Gasteiger partial charge >= 0.3 is 5.97 Å². The Kier molecular flexibility index (Phi) is 10.5. The highest BCUT2D eigenvalue weighted by atomic mass is 28.4. The summed E-state index contributed by atoms with van der Waals surface area (Å²) in [4.78, 5) is 13.6. The second kappa shape index (κ2) is 13.9. The molecule has 0 spiro atoms. The third-order valence-electron chi connectivity index (χ3n) is 9.29. The van der Waals surface area contributed by atoms with Crippen LogP contribution in [0.5, 0.6) is 11.5 Å². The summed E-state index contributed by atoms with van der Waals surface area (Å²) in [5.41, 5.74) is 4.60. The third-order valence-corrected chi connectivity index (χ3v) is 15.3. The average molecular weight is 589 g/mol. The van der Waals surface area contributed by atoms with Crippen molar-refractivity contribution in [2.24, 2.45) is 5.92 Å². The average Bonchev–Trinajstić information content (AvgIpc) is 3.00. The third kappa shape index (κ3) is 6.45. The van der Waals surface area contributed by atoms with Crippen LogP contribution in [0.1, 0.15) is 82.6 Å². The minimum absolute atomic E-state index is 0.106. The fraction of sp³-hybridized carbons (Fsp3) is 0.472. The van der Waals surface area contributed by atoms with E-state index in [0.717, 1.165) is 29.0 Å². The van der Waals surface area contributed by atoms with Crippen LogP contribution in [0.2, 0.25) is 16.6 Å². The van der Waals surface area contributed by atoms with Gasteiger partial charge in [0.1, 0.15) is 11.5 Å². The molecule has 0 saturated carbocycles. The maximum atomic E-state index is 13.6. The van der Waals surface area contributed by atoms with Gasteiger partial charge in [0, 0.05) is 12.5 Å². The maximum Gasteiger partial charge on any atom is 0.313 e. The van der Waals surface area contributed by atoms with E-state index in [1.807, 2.05) is 30.3 Å². The highest BCUT2D eigenvalue weighted by molar-refractivity contribution is 6.78. The molecule has 226 valence electrons. The number of esters is 1. The lowest BCUT2D eigenvalue weighted by molar-refractivity contribution is -0.148. The highest BCUT2D eigenvalue weighted by Crippen LogP contribution is 2.51. The lowest BCUT2D eigenvalue weighted by Gasteiger charge is -2.43. The molecule has 0 amide bonds. The smallest absolute Gasteiger partial charge is 0.313 e. The first kappa shape index (κ1) is 31.8. The summed E-state index contributed by atoms with van der Waals surface area (Å²) in [6.45, 7) is 14.4. The zero-order valence-electron chi connectivity index (χ0n) is 26.5. The van der Waals surface area contributed by atoms with Gasteiger partial charge in [-0.25, -0.2) is 0 Å². The van der Waals surface area contributed by atoms with Crippen LogP contribution >= 0.6 is 0 Å². The molecule has 0 bridgehead atoms. The lowest BCUT2D eigenvalue weighted by atomic mass is 9.68. The van der Waals surface area contributed by atoms with Gasteiger partial charge in [-0.1, -0.05) is 96.1 Å². The van der Waals surface area contributed by atoms with Crippen molar-refractivity contribution in [3.8, 4) is 11.5 Å². The first-order valence-electron chi connectivity index (χ1n) is 15.3. The number of rotatable bonds is 11. The first-order chi connectivity index (χ1) is 20.1. The summed E-state index contributed by atoms with van der Waals surface area (Å²) >= 11 is 0. The predicted molar refractivity (Wildman–Crippen MR) is 172 cm³/mol. The number of ether oxygens (including phenoxy) is 3. The zero-order valence-corrected chi connectivity index (χ0v) is 27.5. The number of carbonyl (C=O) groups excluding carboxylic acids is 1. The van der Waals surface area contributed by atoms with Gasteiger partial charge in [-0.3, -0.25) is 4.79 Å². The van der Waals surface area contributed by atoms with E-state index >= 15 is 0 Å². The molecule has 42 heavy (non-hydrogen) atoms. The molecule has 1 aliphatic rings. The van der Waals surface area contributed by atoms with Crippen molar-refractivity contribution in [3.63, 3.8) is 0 Å². The van der Waals surface area contributed by atoms with E-state index < -0.39 is 14.2 Å². The van der Waals surface area contributed by atoms with Gasteiger partial charge in [-0.05, 0) is 69.9 Å². The zero-order chi connectivity index (χ0) is 30.4. The van der Waals surface area contributed by atoms with Gasteiger partial charge in [-0.15, -0.1) is 0 Å². The van der Waals surface area contributed by atoms with Crippen molar-refractivity contribution in [3.05, 3.63) is 95.6 Å². The van der Waals surface area contributed by atoms with Crippen LogP contribution in [0.15, 0.2) is 78.9 Å². The Morgan fingerprint density at radius 2 is 1.33 bits per heavy atom. The summed E-state index contributed by atoms with van der Waals surface area (Å²) in [5.74, 6) is 0.809. The Morgan fingerprint density at radius 1 is 0.762 bits per heavy atom. The van der Waals surface area contributed by atoms with Crippen LogP contribution < -0.4 is 9.16 Å². The van der Waals surface area contributed by atoms with Gasteiger partial charge in [-0.2, -0.15) is 0 Å². The number of hydrogen-bond donors (Lipinski definition) is 0. The van der Waals surface area contributed by atoms with Crippen molar-refractivity contribution in [2.75, 3.05) is 20.8 Å². The number of hydrogen-bond acceptors (Lipinski definition) is 5. The van der Waals surface area contributed by atoms with E-state index in [2.05, 4.69) is 90.1 Å². The van der Waals surface area contributed by atoms with E-state index in [0.29, 0.717) is 23.2 Å². The predicted octanol–water partition coefficient (Wildman–Crippen LogP) is 9.07. The molecule has 0 N–H and O–H groups in total. The molecule has 0 aromatic heterocycles. The molecular weight excluding hydrogens is 540 g/mol. The Balaban J connectivity index is 1.77. The Labute approximate surface area is 253 Å². The Hall–Kier alpha value is -3.09. The molecule has 1 heterocycles. The second-order valence-corrected chi connectivity index (χ2v) is 17.8. The van der Waals surface area contributed by atoms with Gasteiger partial charge in [0.2, 0.25) is 0 Å². The molecule has 4 atom stereocenters. The molecule has 5 nitrogen and oxygen atoms in total. The molecule has 1 fully saturated rings. The highest BCUT2D eigenvalue weighted by Gasteiger charge is 2.48. The molecule has 4 rings (SSSR count). The summed E-state index contributed by atoms with van der Waals surface area (Å²) in [6.07, 6.45) is 0.521. The van der Waals surface area contributed by atoms with Crippen LogP contribution in [-0.2, 0) is 14.3 Å². The Morgan fingerprint density at radius 3 is 1.86 bits per heavy atom. The molecule has 6 heteroatoms. The molecule has 1 saturated heterocycles. The molecule has 3 aromatic rings. The molecule has 0 radical (unpaired) electrons. The summed E-state index contributed by atoms with van der Waals surface area (Å²) < 4.78 is 24.4. The molecule has 1 aliphatic heterocycles. The van der Waals surface area contributed by atoms with E-state index in [4.69, 9.17) is 18.6 Å². The van der Waals surface area contributed by atoms with Crippen molar-refractivity contribution in [1.29, 1.82) is 0 Å². The number of benzene rings is 3. The minimum Gasteiger partial charge on any atom is -0.543 e. The van der Waals surface area contributed by atoms with Gasteiger partial charge < -0.3 is 18.6 Å². The van der Waals surface area contributed by atoms with Crippen molar-refractivity contribution >= 4 is 14.3 Å². The summed E-state index contributed by atoms with van der Waals surface area (Å²) in [7, 11) is 1.03. The van der Waals surface area contributed by atoms with Crippen molar-refractivity contribution in [2.45, 2.75) is 82.5 Å². The molecular formula is C36H48O5Si. The number of carbonyl (C=O) groups is 1. The summed E-state index contributed by atoms with van der Waals surface area (Å²) in [5, 5.41) is 0. The normalized spacial score (nSPS) is 20.0. The maximum absolute atomic E-state index is 13.6. The summed E-state index contributed by atoms with van der Waals surface area (Å²) in [6, 6.07) is 26.7. The van der Waals surface area contributed by atoms with Crippen LogP contribution in [0.25, 0.3) is 0 Å². The van der Waals surface area contributed by atoms with E-state index in [1.165, 1.54) is 12.7 Å². The molecule has 3 aromatic carbocycles. The van der Waals surface area contributed by atoms with E-state index in [-0.39, 0.29) is 23.9 Å². The van der Waals surface area contributed by atoms with Crippen LogP contribution in [0.4, 0.5) is 0 Å². The first-order valence-corrected chi connectivity index (χ1v) is 17.4. The molecule has 0 aliphatic carbocycles. The second-order valence-electron chi connectivity index (χ2n) is 12.4. The monoisotopic (exact) mass is 588 g/mol. The lowest BCUT2D eigenvalue weighted by Crippen LogP contribution is -2.50.